The molecule has 21 heavy (non-hydrogen) atoms. The van der Waals surface area contributed by atoms with E-state index >= 15 is 0 Å². The maximum atomic E-state index is 6.00. The summed E-state index contributed by atoms with van der Waals surface area (Å²) < 4.78 is 5.36. The van der Waals surface area contributed by atoms with Gasteiger partial charge in [-0.25, -0.2) is 9.97 Å². The summed E-state index contributed by atoms with van der Waals surface area (Å²) in [6.45, 7) is 6.98. The fraction of sp³-hybridized carbons (Fsp3) is 0.500. The van der Waals surface area contributed by atoms with Crippen molar-refractivity contribution in [2.75, 3.05) is 31.2 Å². The first-order valence-corrected chi connectivity index (χ1v) is 8.49. The number of alkyl halides is 1. The van der Waals surface area contributed by atoms with Crippen LogP contribution in [-0.4, -0.2) is 41.3 Å². The number of hydrogen-bond acceptors (Lipinski definition) is 5. The molecule has 7 heteroatoms. The lowest BCUT2D eigenvalue weighted by Gasteiger charge is -2.28. The Hall–Kier alpha value is -0.980. The number of halogens is 2. The topological polar surface area (TPSA) is 51.1 Å². The highest BCUT2D eigenvalue weighted by Crippen LogP contribution is 2.25. The number of morpholine rings is 1. The smallest absolute Gasteiger partial charge is 0.225 e. The molecule has 1 aliphatic rings. The molecule has 1 fully saturated rings. The Kier molecular flexibility index (Phi) is 6.14. The molecule has 0 aliphatic carbocycles. The Morgan fingerprint density at radius 1 is 1.19 bits per heavy atom. The molecule has 0 radical (unpaired) electrons. The van der Waals surface area contributed by atoms with Crippen LogP contribution in [0.1, 0.15) is 19.5 Å². The number of anilines is 1. The molecule has 0 saturated carbocycles. The van der Waals surface area contributed by atoms with Crippen molar-refractivity contribution in [1.29, 1.82) is 0 Å². The number of fused-ring (bicyclic) bond motifs is 1. The first-order valence-electron chi connectivity index (χ1n) is 7.00. The second-order valence-electron chi connectivity index (χ2n) is 4.22. The van der Waals surface area contributed by atoms with Gasteiger partial charge in [-0.15, -0.1) is 0 Å². The number of hydrogen-bond donors (Lipinski definition) is 0. The van der Waals surface area contributed by atoms with Gasteiger partial charge in [-0.2, -0.15) is 4.98 Å². The molecule has 3 rings (SSSR count). The summed E-state index contributed by atoms with van der Waals surface area (Å²) in [5, 5.41) is 0.955. The van der Waals surface area contributed by atoms with Crippen molar-refractivity contribution >= 4 is 44.4 Å². The predicted octanol–water partition coefficient (Wildman–Crippen LogP) is 3.44. The minimum atomic E-state index is 0.252. The van der Waals surface area contributed by atoms with Crippen molar-refractivity contribution in [3.8, 4) is 0 Å². The second-order valence-corrected chi connectivity index (χ2v) is 5.12. The Bertz CT molecular complexity index is 605. The van der Waals surface area contributed by atoms with Crippen LogP contribution in [0.25, 0.3) is 11.0 Å². The summed E-state index contributed by atoms with van der Waals surface area (Å²) in [4.78, 5) is 15.3. The van der Waals surface area contributed by atoms with Gasteiger partial charge in [0.15, 0.2) is 5.82 Å². The molecule has 1 aliphatic heterocycles. The molecule has 0 aromatic carbocycles. The molecule has 0 unspecified atom stereocenters. The van der Waals surface area contributed by atoms with Gasteiger partial charge in [0.25, 0.3) is 0 Å². The van der Waals surface area contributed by atoms with Gasteiger partial charge in [-0.1, -0.05) is 29.8 Å². The third-order valence-electron chi connectivity index (χ3n) is 3.00. The van der Waals surface area contributed by atoms with Crippen LogP contribution in [-0.2, 0) is 10.1 Å². The molecule has 2 aromatic heterocycles. The van der Waals surface area contributed by atoms with Crippen LogP contribution in [0.15, 0.2) is 12.1 Å². The molecule has 0 N–H and O–H groups in total. The second kappa shape index (κ2) is 7.87. The van der Waals surface area contributed by atoms with Gasteiger partial charge in [-0.05, 0) is 23.7 Å². The van der Waals surface area contributed by atoms with Crippen molar-refractivity contribution in [3.05, 3.63) is 23.1 Å². The van der Waals surface area contributed by atoms with Crippen molar-refractivity contribution < 1.29 is 4.74 Å². The lowest BCUT2D eigenvalue weighted by molar-refractivity contribution is 0.122. The molecule has 0 spiro atoms. The van der Waals surface area contributed by atoms with Crippen LogP contribution in [0.4, 0.5) is 5.82 Å². The van der Waals surface area contributed by atoms with Gasteiger partial charge in [0.05, 0.1) is 24.4 Å². The maximum absolute atomic E-state index is 6.00. The van der Waals surface area contributed by atoms with Crippen LogP contribution < -0.4 is 4.90 Å². The van der Waals surface area contributed by atoms with Crippen LogP contribution >= 0.6 is 27.5 Å². The highest BCUT2D eigenvalue weighted by atomic mass is 79.9. The summed E-state index contributed by atoms with van der Waals surface area (Å²) in [5.74, 6) is 0.793. The fourth-order valence-electron chi connectivity index (χ4n) is 2.08. The zero-order valence-electron chi connectivity index (χ0n) is 12.1. The maximum Gasteiger partial charge on any atom is 0.225 e. The molecule has 114 valence electrons. The number of ether oxygens (including phenoxy) is 1. The number of nitrogens with zero attached hydrogens (tertiary/aromatic N) is 4. The summed E-state index contributed by atoms with van der Waals surface area (Å²) >= 11 is 9.41. The van der Waals surface area contributed by atoms with E-state index in [9.17, 15) is 0 Å². The fourth-order valence-corrected chi connectivity index (χ4v) is 2.57. The lowest BCUT2D eigenvalue weighted by Crippen LogP contribution is -2.37. The number of aromatic nitrogens is 3. The van der Waals surface area contributed by atoms with Gasteiger partial charge < -0.3 is 9.64 Å². The Morgan fingerprint density at radius 2 is 1.90 bits per heavy atom. The number of rotatable bonds is 2. The van der Waals surface area contributed by atoms with E-state index in [1.807, 2.05) is 26.0 Å². The molecule has 5 nitrogen and oxygen atoms in total. The van der Waals surface area contributed by atoms with Crippen molar-refractivity contribution in [2.45, 2.75) is 19.2 Å². The van der Waals surface area contributed by atoms with E-state index in [4.69, 9.17) is 16.3 Å². The molecule has 0 amide bonds. The normalized spacial score (nSPS) is 14.8. The Labute approximate surface area is 137 Å². The Morgan fingerprint density at radius 3 is 2.57 bits per heavy atom. The van der Waals surface area contributed by atoms with E-state index in [1.165, 1.54) is 0 Å². The number of pyridine rings is 1. The van der Waals surface area contributed by atoms with Gasteiger partial charge in [0, 0.05) is 18.4 Å². The van der Waals surface area contributed by atoms with Crippen LogP contribution in [0.2, 0.25) is 5.28 Å². The minimum absolute atomic E-state index is 0.252. The van der Waals surface area contributed by atoms with Crippen LogP contribution in [0, 0.1) is 0 Å². The zero-order valence-corrected chi connectivity index (χ0v) is 14.5. The third kappa shape index (κ3) is 3.81. The molecular weight excluding hydrogens is 356 g/mol. The van der Waals surface area contributed by atoms with E-state index in [-0.39, 0.29) is 5.28 Å². The van der Waals surface area contributed by atoms with Crippen LogP contribution in [0.5, 0.6) is 0 Å². The van der Waals surface area contributed by atoms with Crippen molar-refractivity contribution in [1.82, 2.24) is 15.0 Å². The van der Waals surface area contributed by atoms with Gasteiger partial charge in [0.2, 0.25) is 5.28 Å². The standard InChI is InChI=1S/C12H12BrClN4O.C2H6/c13-7-8-1-2-9-10(15-8)11(17-12(14)16-9)18-3-5-19-6-4-18;1-2/h1-2H,3-7H2;1-2H3. The lowest BCUT2D eigenvalue weighted by atomic mass is 10.3. The Balaban J connectivity index is 0.000000774. The summed E-state index contributed by atoms with van der Waals surface area (Å²) in [7, 11) is 0. The van der Waals surface area contributed by atoms with E-state index in [0.29, 0.717) is 18.5 Å². The minimum Gasteiger partial charge on any atom is -0.378 e. The van der Waals surface area contributed by atoms with Crippen molar-refractivity contribution in [2.24, 2.45) is 0 Å². The first kappa shape index (κ1) is 16.4. The quantitative estimate of drug-likeness (QED) is 0.596. The largest absolute Gasteiger partial charge is 0.378 e. The molecule has 0 bridgehead atoms. The molecule has 2 aromatic rings. The van der Waals surface area contributed by atoms with E-state index in [0.717, 1.165) is 35.6 Å². The average Bonchev–Trinajstić information content (AvgIpc) is 2.56. The first-order chi connectivity index (χ1) is 10.3. The monoisotopic (exact) mass is 372 g/mol. The highest BCUT2D eigenvalue weighted by molar-refractivity contribution is 9.08. The van der Waals surface area contributed by atoms with Gasteiger partial charge in [0.1, 0.15) is 5.52 Å². The summed E-state index contributed by atoms with van der Waals surface area (Å²) in [6, 6.07) is 3.86. The predicted molar refractivity (Wildman–Crippen MR) is 89.4 cm³/mol. The van der Waals surface area contributed by atoms with Crippen LogP contribution in [0.3, 0.4) is 0 Å². The van der Waals surface area contributed by atoms with Gasteiger partial charge >= 0.3 is 0 Å². The molecule has 1 saturated heterocycles. The average molecular weight is 374 g/mol. The summed E-state index contributed by atoms with van der Waals surface area (Å²) in [6.07, 6.45) is 0. The van der Waals surface area contributed by atoms with E-state index in [1.54, 1.807) is 0 Å². The zero-order chi connectivity index (χ0) is 15.2. The SMILES string of the molecule is CC.Clc1nc(N2CCOCC2)c2nc(CBr)ccc2n1. The molecule has 0 atom stereocenters. The van der Waals surface area contributed by atoms with Crippen molar-refractivity contribution in [3.63, 3.8) is 0 Å². The van der Waals surface area contributed by atoms with Gasteiger partial charge in [-0.3, -0.25) is 0 Å². The summed E-state index contributed by atoms with van der Waals surface area (Å²) in [5.41, 5.74) is 2.52. The molecular formula is C14H18BrClN4O. The molecule has 3 heterocycles. The van der Waals surface area contributed by atoms with E-state index < -0.39 is 0 Å². The third-order valence-corrected chi connectivity index (χ3v) is 3.75. The highest BCUT2D eigenvalue weighted by Gasteiger charge is 2.18. The van der Waals surface area contributed by atoms with E-state index in [2.05, 4.69) is 35.8 Å².